The van der Waals surface area contributed by atoms with Crippen LogP contribution in [0.1, 0.15) is 25.5 Å². The fraction of sp³-hybridized carbons (Fsp3) is 0.500. The molecule has 2 heterocycles. The summed E-state index contributed by atoms with van der Waals surface area (Å²) < 4.78 is 0. The highest BCUT2D eigenvalue weighted by Gasteiger charge is 2.46. The van der Waals surface area contributed by atoms with Crippen molar-refractivity contribution < 1.29 is 9.59 Å². The second-order valence-electron chi connectivity index (χ2n) is 5.30. The minimum Gasteiger partial charge on any atom is -0.343 e. The molecule has 1 aliphatic carbocycles. The molecule has 0 spiro atoms. The van der Waals surface area contributed by atoms with Gasteiger partial charge in [0.25, 0.3) is 0 Å². The first-order chi connectivity index (χ1) is 9.16. The van der Waals surface area contributed by atoms with Crippen LogP contribution in [0.3, 0.4) is 0 Å². The fourth-order valence-corrected chi connectivity index (χ4v) is 2.61. The zero-order chi connectivity index (χ0) is 13.4. The molecule has 1 aromatic heterocycles. The molecular weight excluding hydrogens is 242 g/mol. The summed E-state index contributed by atoms with van der Waals surface area (Å²) in [7, 11) is 0. The number of nitrogens with zero attached hydrogens (tertiary/aromatic N) is 2. The van der Waals surface area contributed by atoms with E-state index in [2.05, 4.69) is 10.3 Å². The molecule has 0 radical (unpaired) electrons. The molecule has 100 valence electrons. The van der Waals surface area contributed by atoms with E-state index in [1.807, 2.05) is 18.2 Å². The van der Waals surface area contributed by atoms with Crippen LogP contribution in [0.4, 0.5) is 0 Å². The molecule has 2 unspecified atom stereocenters. The molecule has 5 heteroatoms. The van der Waals surface area contributed by atoms with E-state index in [-0.39, 0.29) is 17.9 Å². The van der Waals surface area contributed by atoms with Crippen LogP contribution in [0.15, 0.2) is 24.4 Å². The molecule has 1 saturated heterocycles. The number of nitrogens with one attached hydrogen (secondary N) is 1. The lowest BCUT2D eigenvalue weighted by Crippen LogP contribution is -2.62. The van der Waals surface area contributed by atoms with Gasteiger partial charge in [0.05, 0.1) is 12.2 Å². The number of amides is 2. The van der Waals surface area contributed by atoms with Crippen LogP contribution in [0.5, 0.6) is 0 Å². The van der Waals surface area contributed by atoms with Gasteiger partial charge in [-0.15, -0.1) is 0 Å². The minimum atomic E-state index is -0.439. The van der Waals surface area contributed by atoms with Crippen molar-refractivity contribution in [2.45, 2.75) is 38.4 Å². The number of carbonyl (C=O) groups is 2. The van der Waals surface area contributed by atoms with Gasteiger partial charge in [0.1, 0.15) is 12.1 Å². The van der Waals surface area contributed by atoms with Gasteiger partial charge in [0, 0.05) is 6.20 Å². The third kappa shape index (κ3) is 2.32. The normalized spacial score (nSPS) is 27.3. The van der Waals surface area contributed by atoms with Crippen molar-refractivity contribution in [1.29, 1.82) is 0 Å². The Bertz CT molecular complexity index is 499. The number of aromatic nitrogens is 1. The lowest BCUT2D eigenvalue weighted by molar-refractivity contribution is -0.150. The van der Waals surface area contributed by atoms with Crippen LogP contribution in [-0.4, -0.2) is 33.8 Å². The largest absolute Gasteiger partial charge is 0.343 e. The average molecular weight is 259 g/mol. The van der Waals surface area contributed by atoms with Crippen LogP contribution in [-0.2, 0) is 16.1 Å². The van der Waals surface area contributed by atoms with Crippen molar-refractivity contribution in [2.75, 3.05) is 0 Å². The molecular formula is C14H17N3O2. The van der Waals surface area contributed by atoms with Gasteiger partial charge in [-0.2, -0.15) is 0 Å². The lowest BCUT2D eigenvalue weighted by Gasteiger charge is -2.38. The molecule has 2 amide bonds. The predicted octanol–water partition coefficient (Wildman–Crippen LogP) is 0.707. The van der Waals surface area contributed by atoms with Crippen molar-refractivity contribution in [3.8, 4) is 0 Å². The van der Waals surface area contributed by atoms with Crippen molar-refractivity contribution >= 4 is 11.8 Å². The first-order valence-electron chi connectivity index (χ1n) is 6.67. The number of rotatable bonds is 3. The summed E-state index contributed by atoms with van der Waals surface area (Å²) in [6.45, 7) is 2.15. The lowest BCUT2D eigenvalue weighted by atomic mass is 10.0. The molecule has 3 rings (SSSR count). The summed E-state index contributed by atoms with van der Waals surface area (Å²) in [5, 5.41) is 2.77. The number of carbonyl (C=O) groups excluding carboxylic acids is 2. The molecule has 2 atom stereocenters. The average Bonchev–Trinajstić information content (AvgIpc) is 3.21. The fourth-order valence-electron chi connectivity index (χ4n) is 2.61. The summed E-state index contributed by atoms with van der Waals surface area (Å²) in [4.78, 5) is 30.4. The van der Waals surface area contributed by atoms with Crippen molar-refractivity contribution in [2.24, 2.45) is 5.92 Å². The van der Waals surface area contributed by atoms with E-state index >= 15 is 0 Å². The van der Waals surface area contributed by atoms with Gasteiger partial charge >= 0.3 is 0 Å². The predicted molar refractivity (Wildman–Crippen MR) is 68.9 cm³/mol. The van der Waals surface area contributed by atoms with Crippen LogP contribution < -0.4 is 5.32 Å². The molecule has 5 nitrogen and oxygen atoms in total. The Hall–Kier alpha value is -1.91. The summed E-state index contributed by atoms with van der Waals surface area (Å²) in [6.07, 6.45) is 3.76. The van der Waals surface area contributed by atoms with Crippen LogP contribution >= 0.6 is 0 Å². The Kier molecular flexibility index (Phi) is 2.97. The van der Waals surface area contributed by atoms with E-state index in [0.29, 0.717) is 12.5 Å². The van der Waals surface area contributed by atoms with E-state index in [0.717, 1.165) is 18.5 Å². The van der Waals surface area contributed by atoms with Crippen LogP contribution in [0.2, 0.25) is 0 Å². The Morgan fingerprint density at radius 2 is 2.16 bits per heavy atom. The molecule has 1 N–H and O–H groups in total. The number of piperazine rings is 1. The maximum absolute atomic E-state index is 12.3. The van der Waals surface area contributed by atoms with Crippen LogP contribution in [0.25, 0.3) is 0 Å². The van der Waals surface area contributed by atoms with Gasteiger partial charge < -0.3 is 10.2 Å². The molecule has 0 bridgehead atoms. The quantitative estimate of drug-likeness (QED) is 0.869. The topological polar surface area (TPSA) is 62.3 Å². The Labute approximate surface area is 112 Å². The van der Waals surface area contributed by atoms with Gasteiger partial charge in [-0.25, -0.2) is 0 Å². The van der Waals surface area contributed by atoms with Gasteiger partial charge in [-0.1, -0.05) is 6.07 Å². The maximum Gasteiger partial charge on any atom is 0.245 e. The Balaban J connectivity index is 1.85. The van der Waals surface area contributed by atoms with E-state index < -0.39 is 6.04 Å². The molecule has 1 aliphatic heterocycles. The Morgan fingerprint density at radius 1 is 1.37 bits per heavy atom. The number of hydrogen-bond acceptors (Lipinski definition) is 3. The second-order valence-corrected chi connectivity index (χ2v) is 5.30. The summed E-state index contributed by atoms with van der Waals surface area (Å²) in [5.74, 6) is 0.285. The van der Waals surface area contributed by atoms with Crippen molar-refractivity contribution in [1.82, 2.24) is 15.2 Å². The SMILES string of the molecule is CC1NC(=O)C(C2CC2)N(Cc2ccccn2)C1=O. The molecule has 19 heavy (non-hydrogen) atoms. The third-order valence-electron chi connectivity index (χ3n) is 3.74. The summed E-state index contributed by atoms with van der Waals surface area (Å²) in [6, 6.07) is 4.87. The number of pyridine rings is 1. The first-order valence-corrected chi connectivity index (χ1v) is 6.67. The van der Waals surface area contributed by atoms with E-state index in [1.54, 1.807) is 18.0 Å². The van der Waals surface area contributed by atoms with Crippen molar-refractivity contribution in [3.05, 3.63) is 30.1 Å². The molecule has 1 aromatic rings. The van der Waals surface area contributed by atoms with Crippen LogP contribution in [0, 0.1) is 5.92 Å². The molecule has 1 saturated carbocycles. The smallest absolute Gasteiger partial charge is 0.245 e. The highest BCUT2D eigenvalue weighted by molar-refractivity contribution is 5.97. The molecule has 0 aromatic carbocycles. The zero-order valence-corrected chi connectivity index (χ0v) is 10.9. The molecule has 2 fully saturated rings. The van der Waals surface area contributed by atoms with E-state index in [4.69, 9.17) is 0 Å². The van der Waals surface area contributed by atoms with Gasteiger partial charge in [-0.3, -0.25) is 14.6 Å². The van der Waals surface area contributed by atoms with Crippen molar-refractivity contribution in [3.63, 3.8) is 0 Å². The van der Waals surface area contributed by atoms with E-state index in [9.17, 15) is 9.59 Å². The Morgan fingerprint density at radius 3 is 2.79 bits per heavy atom. The highest BCUT2D eigenvalue weighted by Crippen LogP contribution is 2.37. The number of hydrogen-bond donors (Lipinski definition) is 1. The standard InChI is InChI=1S/C14H17N3O2/c1-9-14(19)17(8-11-4-2-3-7-15-11)12(10-5-6-10)13(18)16-9/h2-4,7,9-10,12H,5-6,8H2,1H3,(H,16,18). The van der Waals surface area contributed by atoms with E-state index in [1.165, 1.54) is 0 Å². The molecule has 2 aliphatic rings. The van der Waals surface area contributed by atoms with Gasteiger partial charge in [-0.05, 0) is 37.8 Å². The maximum atomic E-state index is 12.3. The van der Waals surface area contributed by atoms with Gasteiger partial charge in [0.15, 0.2) is 0 Å². The summed E-state index contributed by atoms with van der Waals surface area (Å²) in [5.41, 5.74) is 0.823. The summed E-state index contributed by atoms with van der Waals surface area (Å²) >= 11 is 0. The third-order valence-corrected chi connectivity index (χ3v) is 3.74. The second kappa shape index (κ2) is 4.64. The first kappa shape index (κ1) is 12.1. The van der Waals surface area contributed by atoms with Gasteiger partial charge in [0.2, 0.25) is 11.8 Å². The monoisotopic (exact) mass is 259 g/mol. The minimum absolute atomic E-state index is 0.0119. The zero-order valence-electron chi connectivity index (χ0n) is 10.9. The highest BCUT2D eigenvalue weighted by atomic mass is 16.2.